The Kier molecular flexibility index (Phi) is 2.45. The number of rotatable bonds is 2. The second kappa shape index (κ2) is 3.75. The van der Waals surface area contributed by atoms with Crippen molar-refractivity contribution in [1.29, 1.82) is 0 Å². The monoisotopic (exact) mass is 192 g/mol. The lowest BCUT2D eigenvalue weighted by Crippen LogP contribution is -2.27. The van der Waals surface area contributed by atoms with Crippen LogP contribution in [-0.4, -0.2) is 17.4 Å². The Hall–Kier alpha value is -1.09. The molecule has 1 aliphatic rings. The lowest BCUT2D eigenvalue weighted by Gasteiger charge is -2.21. The van der Waals surface area contributed by atoms with Crippen molar-refractivity contribution < 1.29 is 0 Å². The molecule has 0 saturated heterocycles. The Bertz CT molecular complexity index is 297. The second-order valence-corrected chi connectivity index (χ2v) is 3.94. The largest absolute Gasteiger partial charge is 0.356 e. The first kappa shape index (κ1) is 8.51. The maximum Gasteiger partial charge on any atom is 0.151 e. The van der Waals surface area contributed by atoms with Gasteiger partial charge in [-0.15, -0.1) is 0 Å². The van der Waals surface area contributed by atoms with E-state index in [0.29, 0.717) is 5.50 Å². The van der Waals surface area contributed by atoms with Gasteiger partial charge in [-0.05, 0) is 17.5 Å². The van der Waals surface area contributed by atoms with Crippen molar-refractivity contribution in [2.24, 2.45) is 0 Å². The zero-order valence-corrected chi connectivity index (χ0v) is 8.29. The van der Waals surface area contributed by atoms with E-state index < -0.39 is 0 Å². The number of para-hydroxylation sites is 1. The van der Waals surface area contributed by atoms with Gasteiger partial charge in [-0.3, -0.25) is 0 Å². The molecule has 0 radical (unpaired) electrons. The van der Waals surface area contributed by atoms with Crippen molar-refractivity contribution in [3.63, 3.8) is 0 Å². The van der Waals surface area contributed by atoms with Gasteiger partial charge >= 0.3 is 0 Å². The summed E-state index contributed by atoms with van der Waals surface area (Å²) in [6, 6.07) is 10.2. The molecule has 1 aromatic carbocycles. The molecule has 0 saturated carbocycles. The summed E-state index contributed by atoms with van der Waals surface area (Å²) in [5.41, 5.74) is 1.50. The van der Waals surface area contributed by atoms with E-state index in [1.807, 2.05) is 18.2 Å². The predicted octanol–water partition coefficient (Wildman–Crippen LogP) is 2.53. The highest BCUT2D eigenvalue weighted by atomic mass is 32.2. The molecule has 1 aromatic rings. The molecule has 2 nitrogen and oxygen atoms in total. The smallest absolute Gasteiger partial charge is 0.151 e. The zero-order chi connectivity index (χ0) is 9.10. The molecular formula is C10H12N2S. The molecule has 3 heteroatoms. The zero-order valence-electron chi connectivity index (χ0n) is 7.47. The van der Waals surface area contributed by atoms with Crippen LogP contribution >= 0.6 is 11.8 Å². The molecule has 13 heavy (non-hydrogen) atoms. The van der Waals surface area contributed by atoms with Gasteiger partial charge in [0.15, 0.2) is 5.50 Å². The number of nitrogens with one attached hydrogen (secondary N) is 1. The van der Waals surface area contributed by atoms with E-state index in [0.717, 1.165) is 5.69 Å². The summed E-state index contributed by atoms with van der Waals surface area (Å²) < 4.78 is 0. The molecule has 1 unspecified atom stereocenters. The minimum Gasteiger partial charge on any atom is -0.356 e. The van der Waals surface area contributed by atoms with Crippen LogP contribution in [0.15, 0.2) is 41.9 Å². The Balaban J connectivity index is 1.99. The molecule has 1 atom stereocenters. The fourth-order valence-electron chi connectivity index (χ4n) is 1.19. The average Bonchev–Trinajstić information content (AvgIpc) is 2.54. The van der Waals surface area contributed by atoms with E-state index in [1.54, 1.807) is 11.8 Å². The number of thioether (sulfide) groups is 1. The molecule has 0 bridgehead atoms. The maximum absolute atomic E-state index is 3.42. The van der Waals surface area contributed by atoms with E-state index in [9.17, 15) is 0 Å². The van der Waals surface area contributed by atoms with Gasteiger partial charge in [0.05, 0.1) is 0 Å². The first-order chi connectivity index (χ1) is 6.36. The summed E-state index contributed by atoms with van der Waals surface area (Å²) in [6.45, 7) is 0. The van der Waals surface area contributed by atoms with Crippen molar-refractivity contribution >= 4 is 17.4 Å². The summed E-state index contributed by atoms with van der Waals surface area (Å²) in [4.78, 5) is 2.15. The van der Waals surface area contributed by atoms with Crippen LogP contribution in [0.25, 0.3) is 0 Å². The number of hydrogen-bond donors (Lipinski definition) is 1. The molecule has 1 N–H and O–H groups in total. The fourth-order valence-corrected chi connectivity index (χ4v) is 2.07. The highest BCUT2D eigenvalue weighted by Gasteiger charge is 2.14. The van der Waals surface area contributed by atoms with Gasteiger partial charge in [0.25, 0.3) is 0 Å². The van der Waals surface area contributed by atoms with Crippen LogP contribution in [-0.2, 0) is 0 Å². The molecule has 68 valence electrons. The molecule has 1 heterocycles. The Morgan fingerprint density at radius 3 is 2.69 bits per heavy atom. The van der Waals surface area contributed by atoms with Crippen molar-refractivity contribution in [2.45, 2.75) is 5.50 Å². The van der Waals surface area contributed by atoms with E-state index in [-0.39, 0.29) is 0 Å². The summed E-state index contributed by atoms with van der Waals surface area (Å²) >= 11 is 1.78. The molecule has 0 aliphatic carbocycles. The SMILES string of the molecule is CN1C=CSC1Nc1ccccc1. The summed E-state index contributed by atoms with van der Waals surface area (Å²) in [5.74, 6) is 0. The minimum atomic E-state index is 0.336. The van der Waals surface area contributed by atoms with Crippen molar-refractivity contribution in [2.75, 3.05) is 12.4 Å². The molecule has 0 amide bonds. The van der Waals surface area contributed by atoms with Crippen molar-refractivity contribution in [3.8, 4) is 0 Å². The number of hydrogen-bond acceptors (Lipinski definition) is 3. The van der Waals surface area contributed by atoms with Crippen molar-refractivity contribution in [3.05, 3.63) is 41.9 Å². The first-order valence-corrected chi connectivity index (χ1v) is 5.16. The average molecular weight is 192 g/mol. The van der Waals surface area contributed by atoms with Gasteiger partial charge in [0.2, 0.25) is 0 Å². The number of anilines is 1. The summed E-state index contributed by atoms with van der Waals surface area (Å²) in [5, 5.41) is 5.51. The molecule has 2 rings (SSSR count). The molecule has 1 aliphatic heterocycles. The highest BCUT2D eigenvalue weighted by molar-refractivity contribution is 8.03. The van der Waals surface area contributed by atoms with Crippen LogP contribution in [0.3, 0.4) is 0 Å². The third-order valence-electron chi connectivity index (χ3n) is 1.94. The number of nitrogens with zero attached hydrogens (tertiary/aromatic N) is 1. The quantitative estimate of drug-likeness (QED) is 0.775. The van der Waals surface area contributed by atoms with Crippen LogP contribution in [0.2, 0.25) is 0 Å². The third kappa shape index (κ3) is 1.98. The standard InChI is InChI=1S/C10H12N2S/c1-12-7-8-13-10(12)11-9-5-3-2-4-6-9/h2-8,10-11H,1H3. The fraction of sp³-hybridized carbons (Fsp3) is 0.200. The first-order valence-electron chi connectivity index (χ1n) is 4.22. The maximum atomic E-state index is 3.42. The van der Waals surface area contributed by atoms with Crippen LogP contribution in [0, 0.1) is 0 Å². The van der Waals surface area contributed by atoms with Gasteiger partial charge in [-0.1, -0.05) is 30.0 Å². The molecule has 0 spiro atoms. The normalized spacial score (nSPS) is 20.7. The lowest BCUT2D eigenvalue weighted by molar-refractivity contribution is 0.468. The highest BCUT2D eigenvalue weighted by Crippen LogP contribution is 2.24. The summed E-state index contributed by atoms with van der Waals surface area (Å²) in [6.07, 6.45) is 2.07. The molecule has 0 fully saturated rings. The van der Waals surface area contributed by atoms with E-state index in [1.165, 1.54) is 0 Å². The molecular weight excluding hydrogens is 180 g/mol. The lowest BCUT2D eigenvalue weighted by atomic mass is 10.3. The van der Waals surface area contributed by atoms with Crippen molar-refractivity contribution in [1.82, 2.24) is 4.90 Å². The van der Waals surface area contributed by atoms with Crippen LogP contribution in [0.5, 0.6) is 0 Å². The Morgan fingerprint density at radius 1 is 1.31 bits per heavy atom. The number of benzene rings is 1. The van der Waals surface area contributed by atoms with Gasteiger partial charge in [0, 0.05) is 18.9 Å². The Labute approximate surface area is 82.6 Å². The van der Waals surface area contributed by atoms with Gasteiger partial charge in [0.1, 0.15) is 0 Å². The predicted molar refractivity (Wildman–Crippen MR) is 58.3 cm³/mol. The topological polar surface area (TPSA) is 15.3 Å². The van der Waals surface area contributed by atoms with E-state index in [2.05, 4.69) is 41.0 Å². The third-order valence-corrected chi connectivity index (χ3v) is 2.92. The van der Waals surface area contributed by atoms with E-state index >= 15 is 0 Å². The summed E-state index contributed by atoms with van der Waals surface area (Å²) in [7, 11) is 2.07. The van der Waals surface area contributed by atoms with Gasteiger partial charge < -0.3 is 10.2 Å². The minimum absolute atomic E-state index is 0.336. The second-order valence-electron chi connectivity index (χ2n) is 2.95. The van der Waals surface area contributed by atoms with Gasteiger partial charge in [-0.2, -0.15) is 0 Å². The van der Waals surface area contributed by atoms with Crippen LogP contribution in [0.4, 0.5) is 5.69 Å². The molecule has 0 aromatic heterocycles. The van der Waals surface area contributed by atoms with E-state index in [4.69, 9.17) is 0 Å². The van der Waals surface area contributed by atoms with Gasteiger partial charge in [-0.25, -0.2) is 0 Å². The van der Waals surface area contributed by atoms with Crippen LogP contribution in [0.1, 0.15) is 0 Å². The Morgan fingerprint density at radius 2 is 2.08 bits per heavy atom. The van der Waals surface area contributed by atoms with Crippen LogP contribution < -0.4 is 5.32 Å².